The van der Waals surface area contributed by atoms with E-state index >= 15 is 0 Å². The normalized spacial score (nSPS) is 24.6. The van der Waals surface area contributed by atoms with E-state index in [4.69, 9.17) is 18.6 Å². The number of ether oxygens (including phenoxy) is 3. The van der Waals surface area contributed by atoms with Gasteiger partial charge in [-0.25, -0.2) is 4.79 Å². The van der Waals surface area contributed by atoms with Gasteiger partial charge in [-0.3, -0.25) is 4.79 Å². The number of phenols is 2. The van der Waals surface area contributed by atoms with Crippen molar-refractivity contribution in [2.75, 3.05) is 7.11 Å². The number of benzene rings is 2. The molecule has 0 bridgehead atoms. The van der Waals surface area contributed by atoms with Crippen LogP contribution in [0.1, 0.15) is 0 Å². The van der Waals surface area contributed by atoms with Gasteiger partial charge in [-0.15, -0.1) is 0 Å². The van der Waals surface area contributed by atoms with Crippen molar-refractivity contribution < 1.29 is 54.1 Å². The van der Waals surface area contributed by atoms with Gasteiger partial charge < -0.3 is 49.3 Å². The molecule has 1 aromatic heterocycles. The van der Waals surface area contributed by atoms with Crippen molar-refractivity contribution in [1.82, 2.24) is 0 Å². The average Bonchev–Trinajstić information content (AvgIpc) is 2.79. The Morgan fingerprint density at radius 3 is 2.29 bits per heavy atom. The highest BCUT2D eigenvalue weighted by Crippen LogP contribution is 2.43. The van der Waals surface area contributed by atoms with Crippen molar-refractivity contribution in [3.05, 3.63) is 46.6 Å². The molecule has 180 valence electrons. The highest BCUT2D eigenvalue weighted by Gasteiger charge is 2.48. The van der Waals surface area contributed by atoms with Crippen molar-refractivity contribution in [1.29, 1.82) is 0 Å². The summed E-state index contributed by atoms with van der Waals surface area (Å²) in [5.41, 5.74) is -0.323. The maximum atomic E-state index is 12.7. The summed E-state index contributed by atoms with van der Waals surface area (Å²) < 4.78 is 21.4. The zero-order chi connectivity index (χ0) is 24.7. The maximum Gasteiger partial charge on any atom is 0.335 e. The summed E-state index contributed by atoms with van der Waals surface area (Å²) in [5, 5.41) is 59.1. The summed E-state index contributed by atoms with van der Waals surface area (Å²) in [7, 11) is 1.16. The van der Waals surface area contributed by atoms with Crippen LogP contribution in [0.4, 0.5) is 0 Å². The Morgan fingerprint density at radius 1 is 1.00 bits per heavy atom. The van der Waals surface area contributed by atoms with Crippen molar-refractivity contribution in [2.45, 2.75) is 30.7 Å². The van der Waals surface area contributed by atoms with Gasteiger partial charge in [-0.2, -0.15) is 0 Å². The molecule has 0 amide bonds. The maximum absolute atomic E-state index is 12.7. The first kappa shape index (κ1) is 23.3. The van der Waals surface area contributed by atoms with Gasteiger partial charge in [-0.05, 0) is 24.3 Å². The molecule has 2 heterocycles. The lowest BCUT2D eigenvalue weighted by molar-refractivity contribution is -0.271. The molecule has 12 nitrogen and oxygen atoms in total. The van der Waals surface area contributed by atoms with Crippen LogP contribution in [0.3, 0.4) is 0 Å². The van der Waals surface area contributed by atoms with Crippen molar-refractivity contribution in [2.24, 2.45) is 0 Å². The number of aliphatic hydroxyl groups is 3. The summed E-state index contributed by atoms with van der Waals surface area (Å²) in [6.07, 6.45) is -9.42. The summed E-state index contributed by atoms with van der Waals surface area (Å²) in [6, 6.07) is 8.08. The number of aromatic hydroxyl groups is 2. The molecule has 1 saturated heterocycles. The Hall–Kier alpha value is -3.84. The van der Waals surface area contributed by atoms with Gasteiger partial charge in [-0.1, -0.05) is 0 Å². The van der Waals surface area contributed by atoms with Crippen LogP contribution < -0.4 is 14.9 Å². The van der Waals surface area contributed by atoms with Crippen LogP contribution in [0.2, 0.25) is 0 Å². The molecule has 6 N–H and O–H groups in total. The van der Waals surface area contributed by atoms with E-state index in [1.165, 1.54) is 24.3 Å². The van der Waals surface area contributed by atoms with Crippen molar-refractivity contribution in [3.63, 3.8) is 0 Å². The number of carboxylic acids is 1. The van der Waals surface area contributed by atoms with Gasteiger partial charge in [0.25, 0.3) is 0 Å². The zero-order valence-corrected chi connectivity index (χ0v) is 17.5. The summed E-state index contributed by atoms with van der Waals surface area (Å²) in [5.74, 6) is -2.81. The Kier molecular flexibility index (Phi) is 6.06. The molecular formula is C22H20O12. The predicted octanol–water partition coefficient (Wildman–Crippen LogP) is 0.151. The standard InChI is InChI=1S/C22H20O12/c1-31-19-13(33-22-18(28)16(26)17(27)20(34-22)21(29)30)7-12-14(15(19)25)10(24)6-11(32-12)8-2-4-9(23)5-3-8/h2-7,16-18,20,22-23,25-28H,1H3,(H,29,30)/t16-,17-,18+,20+,22+/m0/s1. The Labute approximate surface area is 190 Å². The molecule has 1 aliphatic rings. The fourth-order valence-electron chi connectivity index (χ4n) is 3.59. The van der Waals surface area contributed by atoms with Gasteiger partial charge >= 0.3 is 5.97 Å². The smallest absolute Gasteiger partial charge is 0.335 e. The molecular weight excluding hydrogens is 456 g/mol. The molecule has 0 spiro atoms. The third-order valence-corrected chi connectivity index (χ3v) is 5.32. The number of methoxy groups -OCH3 is 1. The quantitative estimate of drug-likeness (QED) is 0.292. The van der Waals surface area contributed by atoms with Crippen molar-refractivity contribution >= 4 is 16.9 Å². The number of aliphatic hydroxyl groups excluding tert-OH is 3. The van der Waals surface area contributed by atoms with Crippen molar-refractivity contribution in [3.8, 4) is 34.3 Å². The number of rotatable bonds is 5. The number of phenolic OH excluding ortho intramolecular Hbond substituents is 2. The molecule has 4 rings (SSSR count). The Bertz CT molecular complexity index is 1280. The van der Waals surface area contributed by atoms with E-state index in [1.54, 1.807) is 0 Å². The predicted molar refractivity (Wildman–Crippen MR) is 113 cm³/mol. The molecule has 12 heteroatoms. The topological polar surface area (TPSA) is 196 Å². The lowest BCUT2D eigenvalue weighted by Crippen LogP contribution is -2.61. The first-order valence-electron chi connectivity index (χ1n) is 9.88. The minimum absolute atomic E-state index is 0.00274. The van der Waals surface area contributed by atoms with E-state index in [0.717, 1.165) is 19.2 Å². The number of fused-ring (bicyclic) bond motifs is 1. The Balaban J connectivity index is 1.80. The van der Waals surface area contributed by atoms with E-state index in [0.29, 0.717) is 5.56 Å². The lowest BCUT2D eigenvalue weighted by atomic mass is 9.99. The van der Waals surface area contributed by atoms with Crippen LogP contribution >= 0.6 is 0 Å². The molecule has 5 atom stereocenters. The highest BCUT2D eigenvalue weighted by atomic mass is 16.7. The molecule has 2 aromatic carbocycles. The number of hydrogen-bond acceptors (Lipinski definition) is 11. The van der Waals surface area contributed by atoms with Gasteiger partial charge in [0.05, 0.1) is 7.11 Å². The van der Waals surface area contributed by atoms with E-state index in [2.05, 4.69) is 0 Å². The largest absolute Gasteiger partial charge is 0.508 e. The second kappa shape index (κ2) is 8.83. The van der Waals surface area contributed by atoms with Crippen LogP contribution in [0.25, 0.3) is 22.3 Å². The molecule has 0 radical (unpaired) electrons. The summed E-state index contributed by atoms with van der Waals surface area (Å²) in [6.45, 7) is 0. The fraction of sp³-hybridized carbons (Fsp3) is 0.273. The number of carboxylic acid groups (broad SMARTS) is 1. The van der Waals surface area contributed by atoms with Gasteiger partial charge in [0, 0.05) is 17.7 Å². The molecule has 1 fully saturated rings. The Morgan fingerprint density at radius 2 is 1.68 bits per heavy atom. The number of hydrogen-bond donors (Lipinski definition) is 6. The zero-order valence-electron chi connectivity index (χ0n) is 17.5. The molecule has 0 aliphatic carbocycles. The molecule has 34 heavy (non-hydrogen) atoms. The molecule has 0 unspecified atom stereocenters. The van der Waals surface area contributed by atoms with Gasteiger partial charge in [0.2, 0.25) is 12.0 Å². The van der Waals surface area contributed by atoms with Crippen LogP contribution in [0, 0.1) is 0 Å². The van der Waals surface area contributed by atoms with E-state index in [9.17, 15) is 40.2 Å². The van der Waals surface area contributed by atoms with Gasteiger partial charge in [0.1, 0.15) is 40.8 Å². The molecule has 0 saturated carbocycles. The first-order chi connectivity index (χ1) is 16.1. The third kappa shape index (κ3) is 3.99. The second-order valence-electron chi connectivity index (χ2n) is 7.50. The minimum Gasteiger partial charge on any atom is -0.508 e. The SMILES string of the molecule is COc1c(O[C@@H]2O[C@@H](C(=O)O)[C@@H](O)[C@H](O)[C@H]2O)cc2oc(-c3ccc(O)cc3)cc(=O)c2c1O. The van der Waals surface area contributed by atoms with Crippen LogP contribution in [-0.4, -0.2) is 74.4 Å². The average molecular weight is 476 g/mol. The van der Waals surface area contributed by atoms with E-state index in [1.807, 2.05) is 0 Å². The summed E-state index contributed by atoms with van der Waals surface area (Å²) >= 11 is 0. The third-order valence-electron chi connectivity index (χ3n) is 5.32. The lowest BCUT2D eigenvalue weighted by Gasteiger charge is -2.38. The van der Waals surface area contributed by atoms with Gasteiger partial charge in [0.15, 0.2) is 23.0 Å². The first-order valence-corrected chi connectivity index (χ1v) is 9.88. The number of aliphatic carboxylic acids is 1. The minimum atomic E-state index is -1.93. The summed E-state index contributed by atoms with van der Waals surface area (Å²) in [4.78, 5) is 24.1. The molecule has 3 aromatic rings. The van der Waals surface area contributed by atoms with Crippen LogP contribution in [-0.2, 0) is 9.53 Å². The molecule has 1 aliphatic heterocycles. The van der Waals surface area contributed by atoms with E-state index < -0.39 is 47.9 Å². The second-order valence-corrected chi connectivity index (χ2v) is 7.50. The van der Waals surface area contributed by atoms with Crippen LogP contribution in [0.15, 0.2) is 45.6 Å². The van der Waals surface area contributed by atoms with E-state index in [-0.39, 0.29) is 34.0 Å². The van der Waals surface area contributed by atoms with Crippen LogP contribution in [0.5, 0.6) is 23.0 Å². The fourth-order valence-corrected chi connectivity index (χ4v) is 3.59. The number of carbonyl (C=O) groups is 1. The monoisotopic (exact) mass is 476 g/mol. The highest BCUT2D eigenvalue weighted by molar-refractivity contribution is 5.89.